The summed E-state index contributed by atoms with van der Waals surface area (Å²) in [6, 6.07) is 2.52. The molecule has 0 radical (unpaired) electrons. The van der Waals surface area contributed by atoms with Crippen molar-refractivity contribution in [2.24, 2.45) is 0 Å². The topological polar surface area (TPSA) is 125 Å². The van der Waals surface area contributed by atoms with Crippen LogP contribution < -0.4 is 10.9 Å². The number of carbonyl (C=O) groups is 2. The monoisotopic (exact) mass is 436 g/mol. The Hall–Kier alpha value is -2.60. The van der Waals surface area contributed by atoms with Crippen LogP contribution in [0.3, 0.4) is 0 Å². The summed E-state index contributed by atoms with van der Waals surface area (Å²) in [6.07, 6.45) is -4.97. The van der Waals surface area contributed by atoms with Gasteiger partial charge in [-0.05, 0) is 18.2 Å². The van der Waals surface area contributed by atoms with Gasteiger partial charge in [-0.3, -0.25) is 19.4 Å². The fraction of sp³-hybridized carbons (Fsp3) is 0.267. The molecule has 150 valence electrons. The number of nitrogens with one attached hydrogen (secondary N) is 2. The molecule has 1 heterocycles. The van der Waals surface area contributed by atoms with Crippen molar-refractivity contribution in [1.29, 1.82) is 0 Å². The number of thioether (sulfide) groups is 1. The number of aliphatic carboxylic acids is 1. The molecule has 28 heavy (non-hydrogen) atoms. The lowest BCUT2D eigenvalue weighted by Crippen LogP contribution is -2.20. The molecule has 0 atom stereocenters. The summed E-state index contributed by atoms with van der Waals surface area (Å²) < 4.78 is 38.2. The van der Waals surface area contributed by atoms with E-state index in [9.17, 15) is 27.6 Å². The van der Waals surface area contributed by atoms with Gasteiger partial charge in [-0.1, -0.05) is 23.4 Å². The second-order valence-corrected chi connectivity index (χ2v) is 6.70. The van der Waals surface area contributed by atoms with Crippen LogP contribution in [0, 0.1) is 0 Å². The van der Waals surface area contributed by atoms with Gasteiger partial charge in [-0.25, -0.2) is 0 Å². The Labute approximate surface area is 164 Å². The Balaban J connectivity index is 1.98. The molecule has 0 unspecified atom stereocenters. The Kier molecular flexibility index (Phi) is 7.02. The van der Waals surface area contributed by atoms with E-state index in [1.807, 2.05) is 0 Å². The van der Waals surface area contributed by atoms with Gasteiger partial charge in [0, 0.05) is 6.42 Å². The maximum absolute atomic E-state index is 12.7. The number of carboxylic acid groups (broad SMARTS) is 1. The third-order valence-corrected chi connectivity index (χ3v) is 4.42. The fourth-order valence-electron chi connectivity index (χ4n) is 1.92. The van der Waals surface area contributed by atoms with Crippen LogP contribution in [0.25, 0.3) is 0 Å². The molecule has 3 N–H and O–H groups in total. The molecule has 1 amide bonds. The molecule has 2 aromatic rings. The number of H-pyrrole nitrogens is 1. The lowest BCUT2D eigenvalue weighted by Gasteiger charge is -2.11. The van der Waals surface area contributed by atoms with E-state index in [1.165, 1.54) is 0 Å². The molecular formula is C15H12ClF3N4O4S. The van der Waals surface area contributed by atoms with Crippen molar-refractivity contribution in [2.75, 3.05) is 11.1 Å². The highest BCUT2D eigenvalue weighted by molar-refractivity contribution is 7.99. The maximum atomic E-state index is 12.7. The number of nitrogens with zero attached hydrogens (tertiary/aromatic N) is 2. The highest BCUT2D eigenvalue weighted by Crippen LogP contribution is 2.33. The summed E-state index contributed by atoms with van der Waals surface area (Å²) >= 11 is 6.58. The molecule has 0 aliphatic heterocycles. The van der Waals surface area contributed by atoms with E-state index in [1.54, 1.807) is 0 Å². The Morgan fingerprint density at radius 1 is 1.29 bits per heavy atom. The summed E-state index contributed by atoms with van der Waals surface area (Å²) in [5, 5.41) is 18.0. The molecule has 2 rings (SSSR count). The summed E-state index contributed by atoms with van der Waals surface area (Å²) in [5.41, 5.74) is -1.87. The van der Waals surface area contributed by atoms with E-state index in [4.69, 9.17) is 16.7 Å². The van der Waals surface area contributed by atoms with Gasteiger partial charge in [-0.2, -0.15) is 13.2 Å². The van der Waals surface area contributed by atoms with E-state index in [0.717, 1.165) is 23.9 Å². The number of anilines is 1. The van der Waals surface area contributed by atoms with Crippen molar-refractivity contribution >= 4 is 40.9 Å². The summed E-state index contributed by atoms with van der Waals surface area (Å²) in [4.78, 5) is 36.6. The molecule has 13 heteroatoms. The predicted octanol–water partition coefficient (Wildman–Crippen LogP) is 2.59. The highest BCUT2D eigenvalue weighted by Gasteiger charge is 2.31. The number of aromatic amines is 1. The smallest absolute Gasteiger partial charge is 0.416 e. The number of halogens is 4. The quantitative estimate of drug-likeness (QED) is 0.569. The number of benzene rings is 1. The average molecular weight is 437 g/mol. The minimum absolute atomic E-state index is 0.00522. The fourth-order valence-corrected chi connectivity index (χ4v) is 2.69. The van der Waals surface area contributed by atoms with Crippen molar-refractivity contribution in [1.82, 2.24) is 15.2 Å². The second-order valence-electron chi connectivity index (χ2n) is 5.33. The number of rotatable bonds is 7. The van der Waals surface area contributed by atoms with Crippen LogP contribution in [-0.4, -0.2) is 37.9 Å². The molecule has 0 aliphatic rings. The summed E-state index contributed by atoms with van der Waals surface area (Å²) in [5.74, 6) is -2.06. The van der Waals surface area contributed by atoms with Crippen molar-refractivity contribution in [3.8, 4) is 0 Å². The van der Waals surface area contributed by atoms with Crippen LogP contribution >= 0.6 is 23.4 Å². The van der Waals surface area contributed by atoms with Gasteiger partial charge in [0.2, 0.25) is 5.91 Å². The first kappa shape index (κ1) is 21.7. The average Bonchev–Trinajstić information content (AvgIpc) is 2.60. The number of hydrogen-bond acceptors (Lipinski definition) is 6. The van der Waals surface area contributed by atoms with Crippen LogP contribution in [0.2, 0.25) is 5.02 Å². The third kappa shape index (κ3) is 6.23. The van der Waals surface area contributed by atoms with E-state index in [-0.39, 0.29) is 40.2 Å². The zero-order valence-electron chi connectivity index (χ0n) is 13.8. The summed E-state index contributed by atoms with van der Waals surface area (Å²) in [7, 11) is 0. The van der Waals surface area contributed by atoms with Gasteiger partial charge in [-0.15, -0.1) is 10.2 Å². The predicted molar refractivity (Wildman–Crippen MR) is 94.4 cm³/mol. The maximum Gasteiger partial charge on any atom is 0.416 e. The molecule has 0 aliphatic carbocycles. The Bertz CT molecular complexity index is 952. The molecule has 0 saturated carbocycles. The van der Waals surface area contributed by atoms with E-state index in [2.05, 4.69) is 20.5 Å². The van der Waals surface area contributed by atoms with Gasteiger partial charge in [0.05, 0.1) is 28.4 Å². The van der Waals surface area contributed by atoms with Crippen LogP contribution in [0.4, 0.5) is 18.9 Å². The first-order chi connectivity index (χ1) is 13.1. The van der Waals surface area contributed by atoms with Crippen LogP contribution in [0.15, 0.2) is 28.2 Å². The number of carbonyl (C=O) groups excluding carboxylic acids is 1. The lowest BCUT2D eigenvalue weighted by molar-refractivity contribution is -0.138. The second kappa shape index (κ2) is 9.06. The number of carboxylic acids is 1. The number of hydrogen-bond donors (Lipinski definition) is 3. The zero-order valence-corrected chi connectivity index (χ0v) is 15.4. The van der Waals surface area contributed by atoms with Gasteiger partial charge in [0.25, 0.3) is 5.56 Å². The zero-order chi connectivity index (χ0) is 20.9. The molecule has 1 aromatic heterocycles. The van der Waals surface area contributed by atoms with Crippen LogP contribution in [0.5, 0.6) is 0 Å². The van der Waals surface area contributed by atoms with E-state index in [0.29, 0.717) is 6.07 Å². The third-order valence-electron chi connectivity index (χ3n) is 3.23. The molecular weight excluding hydrogens is 425 g/mol. The Morgan fingerprint density at radius 3 is 2.61 bits per heavy atom. The number of aryl methyl sites for hydroxylation is 1. The first-order valence-corrected chi connectivity index (χ1v) is 8.89. The molecule has 0 spiro atoms. The number of aromatic nitrogens is 3. The standard InChI is InChI=1S/C15H12ClF3N4O4S/c16-8-2-1-7(15(17,18)19)5-10(8)20-11(24)6-28-14-21-13(27)9(22-23-14)3-4-12(25)26/h1-2,5H,3-4,6H2,(H,20,24)(H,25,26)(H,21,23,27). The van der Waals surface area contributed by atoms with Gasteiger partial charge >= 0.3 is 12.1 Å². The van der Waals surface area contributed by atoms with Crippen LogP contribution in [-0.2, 0) is 22.2 Å². The largest absolute Gasteiger partial charge is 0.481 e. The molecule has 8 nitrogen and oxygen atoms in total. The molecule has 0 fully saturated rings. The highest BCUT2D eigenvalue weighted by atomic mass is 35.5. The molecule has 0 bridgehead atoms. The van der Waals surface area contributed by atoms with Crippen LogP contribution in [0.1, 0.15) is 17.7 Å². The van der Waals surface area contributed by atoms with Gasteiger partial charge in [0.1, 0.15) is 5.69 Å². The first-order valence-electron chi connectivity index (χ1n) is 7.53. The van der Waals surface area contributed by atoms with Crippen molar-refractivity contribution in [3.05, 3.63) is 44.8 Å². The van der Waals surface area contributed by atoms with E-state index >= 15 is 0 Å². The van der Waals surface area contributed by atoms with E-state index < -0.39 is 29.2 Å². The normalized spacial score (nSPS) is 11.3. The lowest BCUT2D eigenvalue weighted by atomic mass is 10.2. The SMILES string of the molecule is O=C(O)CCc1nnc(SCC(=O)Nc2cc(C(F)(F)F)ccc2Cl)[nH]c1=O. The number of amides is 1. The summed E-state index contributed by atoms with van der Waals surface area (Å²) in [6.45, 7) is 0. The van der Waals surface area contributed by atoms with Crippen molar-refractivity contribution in [2.45, 2.75) is 24.2 Å². The van der Waals surface area contributed by atoms with Gasteiger partial charge in [0.15, 0.2) is 5.16 Å². The molecule has 0 saturated heterocycles. The van der Waals surface area contributed by atoms with Crippen molar-refractivity contribution < 1.29 is 27.9 Å². The number of alkyl halides is 3. The van der Waals surface area contributed by atoms with Crippen molar-refractivity contribution in [3.63, 3.8) is 0 Å². The minimum atomic E-state index is -4.59. The Morgan fingerprint density at radius 2 is 2.00 bits per heavy atom. The molecule has 1 aromatic carbocycles. The minimum Gasteiger partial charge on any atom is -0.481 e. The van der Waals surface area contributed by atoms with Gasteiger partial charge < -0.3 is 10.4 Å².